The van der Waals surface area contributed by atoms with Crippen LogP contribution in [-0.4, -0.2) is 26.0 Å². The molecule has 0 saturated heterocycles. The standard InChI is InChI=1S/C25H26N2O4/c1-16-10-12-21(30-3)19(14-16)26-24(28)23(18-8-6-5-7-9-18)25(29)27-20-15-17(2)11-13-22(20)31-4/h5-15,23H,1-4H3,(H,26,28)(H,27,29). The molecule has 0 heterocycles. The first-order valence-corrected chi connectivity index (χ1v) is 9.89. The van der Waals surface area contributed by atoms with Crippen molar-refractivity contribution in [3.63, 3.8) is 0 Å². The van der Waals surface area contributed by atoms with Crippen LogP contribution in [0.1, 0.15) is 22.6 Å². The topological polar surface area (TPSA) is 76.7 Å². The molecule has 0 bridgehead atoms. The number of benzene rings is 3. The van der Waals surface area contributed by atoms with Crippen LogP contribution in [0.2, 0.25) is 0 Å². The predicted molar refractivity (Wildman–Crippen MR) is 122 cm³/mol. The maximum Gasteiger partial charge on any atom is 0.241 e. The number of aryl methyl sites for hydroxylation is 2. The monoisotopic (exact) mass is 418 g/mol. The van der Waals surface area contributed by atoms with Gasteiger partial charge in [0, 0.05) is 0 Å². The maximum atomic E-state index is 13.3. The van der Waals surface area contributed by atoms with Crippen molar-refractivity contribution < 1.29 is 19.1 Å². The van der Waals surface area contributed by atoms with E-state index in [0.717, 1.165) is 11.1 Å². The molecular formula is C25H26N2O4. The van der Waals surface area contributed by atoms with Gasteiger partial charge in [0.05, 0.1) is 25.6 Å². The average Bonchev–Trinajstić information content (AvgIpc) is 2.75. The summed E-state index contributed by atoms with van der Waals surface area (Å²) < 4.78 is 10.7. The Kier molecular flexibility index (Phi) is 6.92. The number of hydrogen-bond acceptors (Lipinski definition) is 4. The van der Waals surface area contributed by atoms with Gasteiger partial charge in [0.25, 0.3) is 0 Å². The molecule has 31 heavy (non-hydrogen) atoms. The van der Waals surface area contributed by atoms with Gasteiger partial charge in [-0.2, -0.15) is 0 Å². The molecule has 0 unspecified atom stereocenters. The third-order valence-electron chi connectivity index (χ3n) is 4.88. The van der Waals surface area contributed by atoms with E-state index in [9.17, 15) is 9.59 Å². The molecule has 6 nitrogen and oxygen atoms in total. The minimum absolute atomic E-state index is 0.459. The lowest BCUT2D eigenvalue weighted by Crippen LogP contribution is -2.32. The van der Waals surface area contributed by atoms with Crippen molar-refractivity contribution in [2.45, 2.75) is 19.8 Å². The molecule has 6 heteroatoms. The fourth-order valence-corrected chi connectivity index (χ4v) is 3.32. The summed E-state index contributed by atoms with van der Waals surface area (Å²) >= 11 is 0. The summed E-state index contributed by atoms with van der Waals surface area (Å²) in [7, 11) is 3.07. The Morgan fingerprint density at radius 3 is 1.58 bits per heavy atom. The summed E-state index contributed by atoms with van der Waals surface area (Å²) in [5.41, 5.74) is 3.52. The zero-order valence-corrected chi connectivity index (χ0v) is 18.1. The van der Waals surface area contributed by atoms with Gasteiger partial charge in [-0.05, 0) is 54.8 Å². The van der Waals surface area contributed by atoms with E-state index in [1.165, 1.54) is 14.2 Å². The minimum atomic E-state index is -1.07. The van der Waals surface area contributed by atoms with Crippen LogP contribution in [0.5, 0.6) is 11.5 Å². The van der Waals surface area contributed by atoms with Gasteiger partial charge in [-0.1, -0.05) is 42.5 Å². The summed E-state index contributed by atoms with van der Waals surface area (Å²) in [5.74, 6) is -0.951. The lowest BCUT2D eigenvalue weighted by atomic mass is 9.96. The normalized spacial score (nSPS) is 10.5. The SMILES string of the molecule is COc1ccc(C)cc1NC(=O)C(C(=O)Nc1cc(C)ccc1OC)c1ccccc1. The van der Waals surface area contributed by atoms with Gasteiger partial charge in [0.1, 0.15) is 17.4 Å². The number of nitrogens with one attached hydrogen (secondary N) is 2. The van der Waals surface area contributed by atoms with E-state index in [1.807, 2.05) is 32.0 Å². The van der Waals surface area contributed by atoms with Crippen LogP contribution in [-0.2, 0) is 9.59 Å². The van der Waals surface area contributed by atoms with Crippen molar-refractivity contribution >= 4 is 23.2 Å². The minimum Gasteiger partial charge on any atom is -0.495 e. The molecule has 3 rings (SSSR count). The van der Waals surface area contributed by atoms with Gasteiger partial charge in [0.15, 0.2) is 0 Å². The van der Waals surface area contributed by atoms with E-state index in [2.05, 4.69) is 10.6 Å². The Labute approximate surface area is 182 Å². The van der Waals surface area contributed by atoms with Crippen LogP contribution in [0, 0.1) is 13.8 Å². The molecule has 0 fully saturated rings. The predicted octanol–water partition coefficient (Wildman–Crippen LogP) is 4.68. The van der Waals surface area contributed by atoms with E-state index >= 15 is 0 Å². The van der Waals surface area contributed by atoms with Gasteiger partial charge in [-0.3, -0.25) is 9.59 Å². The van der Waals surface area contributed by atoms with Crippen LogP contribution < -0.4 is 20.1 Å². The Morgan fingerprint density at radius 1 is 0.710 bits per heavy atom. The maximum absolute atomic E-state index is 13.3. The van der Waals surface area contributed by atoms with Gasteiger partial charge in [0.2, 0.25) is 11.8 Å². The lowest BCUT2D eigenvalue weighted by Gasteiger charge is -2.19. The number of hydrogen-bond donors (Lipinski definition) is 2. The zero-order valence-electron chi connectivity index (χ0n) is 18.1. The van der Waals surface area contributed by atoms with Crippen molar-refractivity contribution in [1.29, 1.82) is 0 Å². The Balaban J connectivity index is 1.94. The van der Waals surface area contributed by atoms with E-state index in [4.69, 9.17) is 9.47 Å². The van der Waals surface area contributed by atoms with Gasteiger partial charge in [-0.15, -0.1) is 0 Å². The highest BCUT2D eigenvalue weighted by molar-refractivity contribution is 6.15. The highest BCUT2D eigenvalue weighted by Gasteiger charge is 2.30. The van der Waals surface area contributed by atoms with E-state index < -0.39 is 17.7 Å². The van der Waals surface area contributed by atoms with Crippen LogP contribution in [0.15, 0.2) is 66.7 Å². The first kappa shape index (κ1) is 21.9. The molecular weight excluding hydrogens is 392 g/mol. The smallest absolute Gasteiger partial charge is 0.241 e. The van der Waals surface area contributed by atoms with Crippen molar-refractivity contribution in [2.24, 2.45) is 0 Å². The fraction of sp³-hybridized carbons (Fsp3) is 0.200. The second-order valence-corrected chi connectivity index (χ2v) is 7.23. The van der Waals surface area contributed by atoms with Crippen molar-refractivity contribution in [2.75, 3.05) is 24.9 Å². The Morgan fingerprint density at radius 2 is 1.16 bits per heavy atom. The molecule has 0 aliphatic carbocycles. The molecule has 0 radical (unpaired) electrons. The summed E-state index contributed by atoms with van der Waals surface area (Å²) in [6, 6.07) is 19.9. The van der Waals surface area contributed by atoms with Crippen molar-refractivity contribution in [3.8, 4) is 11.5 Å². The summed E-state index contributed by atoms with van der Waals surface area (Å²) in [4.78, 5) is 26.6. The van der Waals surface area contributed by atoms with E-state index in [0.29, 0.717) is 28.4 Å². The molecule has 3 aromatic carbocycles. The number of amides is 2. The summed E-state index contributed by atoms with van der Waals surface area (Å²) in [5, 5.41) is 5.70. The number of carbonyl (C=O) groups excluding carboxylic acids is 2. The zero-order chi connectivity index (χ0) is 22.4. The Hall–Kier alpha value is -3.80. The molecule has 160 valence electrons. The lowest BCUT2D eigenvalue weighted by molar-refractivity contribution is -0.126. The Bertz CT molecular complexity index is 1010. The third kappa shape index (κ3) is 5.22. The molecule has 0 aromatic heterocycles. The fourth-order valence-electron chi connectivity index (χ4n) is 3.32. The number of rotatable bonds is 7. The summed E-state index contributed by atoms with van der Waals surface area (Å²) in [6.07, 6.45) is 0. The van der Waals surface area contributed by atoms with Crippen molar-refractivity contribution in [1.82, 2.24) is 0 Å². The second-order valence-electron chi connectivity index (χ2n) is 7.23. The number of methoxy groups -OCH3 is 2. The molecule has 3 aromatic rings. The molecule has 0 aliphatic rings. The quantitative estimate of drug-likeness (QED) is 0.546. The molecule has 2 amide bonds. The third-order valence-corrected chi connectivity index (χ3v) is 4.88. The van der Waals surface area contributed by atoms with E-state index in [-0.39, 0.29) is 0 Å². The largest absolute Gasteiger partial charge is 0.495 e. The first-order valence-electron chi connectivity index (χ1n) is 9.89. The molecule has 0 atom stereocenters. The van der Waals surface area contributed by atoms with Gasteiger partial charge < -0.3 is 20.1 Å². The van der Waals surface area contributed by atoms with Gasteiger partial charge in [-0.25, -0.2) is 0 Å². The summed E-state index contributed by atoms with van der Waals surface area (Å²) in [6.45, 7) is 3.83. The van der Waals surface area contributed by atoms with Crippen LogP contribution in [0.3, 0.4) is 0 Å². The van der Waals surface area contributed by atoms with Crippen LogP contribution in [0.25, 0.3) is 0 Å². The van der Waals surface area contributed by atoms with Gasteiger partial charge >= 0.3 is 0 Å². The second kappa shape index (κ2) is 9.80. The molecule has 2 N–H and O–H groups in total. The average molecular weight is 418 g/mol. The molecule has 0 aliphatic heterocycles. The number of anilines is 2. The highest BCUT2D eigenvalue weighted by Crippen LogP contribution is 2.30. The van der Waals surface area contributed by atoms with Crippen LogP contribution >= 0.6 is 0 Å². The number of carbonyl (C=O) groups is 2. The van der Waals surface area contributed by atoms with E-state index in [1.54, 1.807) is 48.5 Å². The molecule has 0 saturated carbocycles. The van der Waals surface area contributed by atoms with Crippen molar-refractivity contribution in [3.05, 3.63) is 83.4 Å². The molecule has 0 spiro atoms. The van der Waals surface area contributed by atoms with Crippen LogP contribution in [0.4, 0.5) is 11.4 Å². The first-order chi connectivity index (χ1) is 14.9. The highest BCUT2D eigenvalue weighted by atomic mass is 16.5. The number of ether oxygens (including phenoxy) is 2.